The van der Waals surface area contributed by atoms with Gasteiger partial charge in [0.1, 0.15) is 5.82 Å². The van der Waals surface area contributed by atoms with Gasteiger partial charge in [0.2, 0.25) is 5.91 Å². The summed E-state index contributed by atoms with van der Waals surface area (Å²) in [6.07, 6.45) is 3.27. The molecule has 8 heteroatoms. The number of nitrogens with one attached hydrogen (secondary N) is 3. The number of guanidine groups is 1. The molecule has 0 radical (unpaired) electrons. The Morgan fingerprint density at radius 1 is 1.52 bits per heavy atom. The Bertz CT molecular complexity index is 560. The van der Waals surface area contributed by atoms with Crippen LogP contribution in [0.5, 0.6) is 0 Å². The van der Waals surface area contributed by atoms with Crippen LogP contribution in [-0.4, -0.2) is 37.8 Å². The number of hydrogen-bond donors (Lipinski definition) is 3. The van der Waals surface area contributed by atoms with Crippen LogP contribution >= 0.6 is 35.7 Å². The molecule has 1 aliphatic heterocycles. The van der Waals surface area contributed by atoms with Gasteiger partial charge in [-0.15, -0.1) is 35.7 Å². The molecule has 1 heterocycles. The van der Waals surface area contributed by atoms with E-state index < -0.39 is 0 Å². The maximum atomic E-state index is 13.4. The van der Waals surface area contributed by atoms with Crippen molar-refractivity contribution < 1.29 is 9.18 Å². The molecule has 1 unspecified atom stereocenters. The quantitative estimate of drug-likeness (QED) is 0.284. The SMILES string of the molecule is CN=C(NCc1cc(F)ccc1SC)NC1CCC(=O)NC1.I. The van der Waals surface area contributed by atoms with Gasteiger partial charge in [0.25, 0.3) is 0 Å². The molecule has 5 nitrogen and oxygen atoms in total. The summed E-state index contributed by atoms with van der Waals surface area (Å²) in [5, 5.41) is 9.29. The first-order chi connectivity index (χ1) is 10.6. The average Bonchev–Trinajstić information content (AvgIpc) is 2.53. The van der Waals surface area contributed by atoms with E-state index in [2.05, 4.69) is 20.9 Å². The van der Waals surface area contributed by atoms with Crippen molar-refractivity contribution in [1.82, 2.24) is 16.0 Å². The Labute approximate surface area is 157 Å². The summed E-state index contributed by atoms with van der Waals surface area (Å²) in [6.45, 7) is 1.09. The number of carbonyl (C=O) groups is 1. The van der Waals surface area contributed by atoms with E-state index in [4.69, 9.17) is 0 Å². The maximum absolute atomic E-state index is 13.4. The topological polar surface area (TPSA) is 65.5 Å². The fraction of sp³-hybridized carbons (Fsp3) is 0.467. The third-order valence-electron chi connectivity index (χ3n) is 3.52. The van der Waals surface area contributed by atoms with E-state index in [0.29, 0.717) is 25.5 Å². The number of aliphatic imine (C=N–C) groups is 1. The first kappa shape index (κ1) is 20.0. The molecular formula is C15H22FIN4OS. The zero-order valence-electron chi connectivity index (χ0n) is 13.2. The average molecular weight is 452 g/mol. The molecule has 3 N–H and O–H groups in total. The zero-order valence-corrected chi connectivity index (χ0v) is 16.3. The largest absolute Gasteiger partial charge is 0.354 e. The van der Waals surface area contributed by atoms with Gasteiger partial charge in [0.15, 0.2) is 5.96 Å². The molecule has 1 aromatic rings. The van der Waals surface area contributed by atoms with E-state index >= 15 is 0 Å². The van der Waals surface area contributed by atoms with Crippen molar-refractivity contribution in [3.8, 4) is 0 Å². The molecule has 1 aliphatic rings. The second-order valence-electron chi connectivity index (χ2n) is 5.07. The van der Waals surface area contributed by atoms with E-state index in [1.54, 1.807) is 24.9 Å². The van der Waals surface area contributed by atoms with Crippen LogP contribution in [0.1, 0.15) is 18.4 Å². The van der Waals surface area contributed by atoms with Gasteiger partial charge in [-0.25, -0.2) is 4.39 Å². The van der Waals surface area contributed by atoms with Crippen LogP contribution in [0, 0.1) is 5.82 Å². The number of piperidine rings is 1. The highest BCUT2D eigenvalue weighted by atomic mass is 127. The lowest BCUT2D eigenvalue weighted by molar-refractivity contribution is -0.122. The summed E-state index contributed by atoms with van der Waals surface area (Å²) < 4.78 is 13.4. The minimum absolute atomic E-state index is 0. The molecule has 0 saturated carbocycles. The van der Waals surface area contributed by atoms with Gasteiger partial charge >= 0.3 is 0 Å². The van der Waals surface area contributed by atoms with Gasteiger partial charge in [0.05, 0.1) is 0 Å². The second-order valence-corrected chi connectivity index (χ2v) is 5.91. The van der Waals surface area contributed by atoms with E-state index in [0.717, 1.165) is 16.9 Å². The monoisotopic (exact) mass is 452 g/mol. The molecule has 23 heavy (non-hydrogen) atoms. The first-order valence-corrected chi connectivity index (χ1v) is 8.41. The fourth-order valence-electron chi connectivity index (χ4n) is 2.31. The van der Waals surface area contributed by atoms with Crippen LogP contribution in [-0.2, 0) is 11.3 Å². The Kier molecular flexibility index (Phi) is 8.67. The van der Waals surface area contributed by atoms with Crippen molar-refractivity contribution in [1.29, 1.82) is 0 Å². The first-order valence-electron chi connectivity index (χ1n) is 7.18. The number of halogens is 2. The maximum Gasteiger partial charge on any atom is 0.220 e. The predicted molar refractivity (Wildman–Crippen MR) is 103 cm³/mol. The van der Waals surface area contributed by atoms with Crippen molar-refractivity contribution >= 4 is 47.6 Å². The molecule has 1 amide bonds. The van der Waals surface area contributed by atoms with Crippen LogP contribution in [0.4, 0.5) is 4.39 Å². The van der Waals surface area contributed by atoms with Crippen LogP contribution in [0.15, 0.2) is 28.1 Å². The lowest BCUT2D eigenvalue weighted by Gasteiger charge is -2.25. The summed E-state index contributed by atoms with van der Waals surface area (Å²) in [4.78, 5) is 16.4. The van der Waals surface area contributed by atoms with Crippen LogP contribution in [0.2, 0.25) is 0 Å². The molecular weight excluding hydrogens is 430 g/mol. The van der Waals surface area contributed by atoms with Gasteiger partial charge in [-0.05, 0) is 36.4 Å². The lowest BCUT2D eigenvalue weighted by atomic mass is 10.1. The third-order valence-corrected chi connectivity index (χ3v) is 4.36. The van der Waals surface area contributed by atoms with Gasteiger partial charge in [-0.3, -0.25) is 9.79 Å². The Morgan fingerprint density at radius 2 is 2.30 bits per heavy atom. The minimum atomic E-state index is -0.243. The second kappa shape index (κ2) is 9.96. The lowest BCUT2D eigenvalue weighted by Crippen LogP contribution is -2.51. The standard InChI is InChI=1S/C15H21FN4OS.HI/c1-17-15(20-12-4-6-14(21)18-9-12)19-8-10-7-11(16)3-5-13(10)22-2;/h3,5,7,12H,4,6,8-9H2,1-2H3,(H,18,21)(H2,17,19,20);1H. The van der Waals surface area contributed by atoms with Crippen molar-refractivity contribution in [2.75, 3.05) is 19.8 Å². The highest BCUT2D eigenvalue weighted by molar-refractivity contribution is 14.0. The number of amides is 1. The number of benzene rings is 1. The molecule has 2 rings (SSSR count). The molecule has 1 aromatic carbocycles. The molecule has 1 saturated heterocycles. The Morgan fingerprint density at radius 3 is 2.91 bits per heavy atom. The van der Waals surface area contributed by atoms with Gasteiger partial charge in [-0.2, -0.15) is 0 Å². The summed E-state index contributed by atoms with van der Waals surface area (Å²) in [6, 6.07) is 4.95. The predicted octanol–water partition coefficient (Wildman–Crippen LogP) is 2.11. The molecule has 128 valence electrons. The normalized spacial score (nSPS) is 18.0. The molecule has 0 spiro atoms. The third kappa shape index (κ3) is 6.17. The number of nitrogens with zero attached hydrogens (tertiary/aromatic N) is 1. The van der Waals surface area contributed by atoms with E-state index in [-0.39, 0.29) is 41.7 Å². The van der Waals surface area contributed by atoms with Crippen LogP contribution in [0.3, 0.4) is 0 Å². The van der Waals surface area contributed by atoms with Gasteiger partial charge in [-0.1, -0.05) is 0 Å². The summed E-state index contributed by atoms with van der Waals surface area (Å²) in [5.74, 6) is 0.496. The summed E-state index contributed by atoms with van der Waals surface area (Å²) >= 11 is 1.58. The number of thioether (sulfide) groups is 1. The summed E-state index contributed by atoms with van der Waals surface area (Å²) in [7, 11) is 1.69. The van der Waals surface area contributed by atoms with Crippen LogP contribution < -0.4 is 16.0 Å². The molecule has 0 bridgehead atoms. The molecule has 0 aliphatic carbocycles. The van der Waals surface area contributed by atoms with Crippen molar-refractivity contribution in [3.63, 3.8) is 0 Å². The van der Waals surface area contributed by atoms with Crippen molar-refractivity contribution in [2.24, 2.45) is 4.99 Å². The minimum Gasteiger partial charge on any atom is -0.354 e. The molecule has 0 aromatic heterocycles. The van der Waals surface area contributed by atoms with E-state index in [1.165, 1.54) is 12.1 Å². The van der Waals surface area contributed by atoms with Crippen LogP contribution in [0.25, 0.3) is 0 Å². The Hall–Kier alpha value is -1.03. The fourth-order valence-corrected chi connectivity index (χ4v) is 2.91. The van der Waals surface area contributed by atoms with E-state index in [9.17, 15) is 9.18 Å². The highest BCUT2D eigenvalue weighted by Crippen LogP contribution is 2.21. The van der Waals surface area contributed by atoms with Gasteiger partial charge < -0.3 is 16.0 Å². The molecule has 1 atom stereocenters. The number of hydrogen-bond acceptors (Lipinski definition) is 3. The van der Waals surface area contributed by atoms with E-state index in [1.807, 2.05) is 6.26 Å². The number of rotatable bonds is 4. The zero-order chi connectivity index (χ0) is 15.9. The van der Waals surface area contributed by atoms with Crippen molar-refractivity contribution in [3.05, 3.63) is 29.6 Å². The Balaban J connectivity index is 0.00000264. The summed E-state index contributed by atoms with van der Waals surface area (Å²) in [5.41, 5.74) is 0.896. The molecule has 1 fully saturated rings. The number of carbonyl (C=O) groups excluding carboxylic acids is 1. The smallest absolute Gasteiger partial charge is 0.220 e. The van der Waals surface area contributed by atoms with Crippen molar-refractivity contribution in [2.45, 2.75) is 30.3 Å². The van der Waals surface area contributed by atoms with Gasteiger partial charge in [0, 0.05) is 37.5 Å². The highest BCUT2D eigenvalue weighted by Gasteiger charge is 2.18.